The van der Waals surface area contributed by atoms with E-state index >= 15 is 0 Å². The number of ether oxygens (including phenoxy) is 1. The summed E-state index contributed by atoms with van der Waals surface area (Å²) in [6, 6.07) is 7.63. The molecular formula is C21H29N3O3. The topological polar surface area (TPSA) is 74.4 Å². The SMILES string of the molecule is CCCNC(=O)C(C)C1CCN(C(=O)c2cc3ccc(OC)cc3[nH]2)CC1. The molecule has 6 nitrogen and oxygen atoms in total. The third-order valence-corrected chi connectivity index (χ3v) is 5.56. The van der Waals surface area contributed by atoms with Crippen molar-refractivity contribution in [2.45, 2.75) is 33.1 Å². The van der Waals surface area contributed by atoms with Crippen LogP contribution < -0.4 is 10.1 Å². The molecule has 0 saturated carbocycles. The van der Waals surface area contributed by atoms with Crippen LogP contribution in [0.2, 0.25) is 0 Å². The maximum Gasteiger partial charge on any atom is 0.270 e. The van der Waals surface area contributed by atoms with Crippen molar-refractivity contribution < 1.29 is 14.3 Å². The van der Waals surface area contributed by atoms with Crippen LogP contribution in [0.25, 0.3) is 10.9 Å². The van der Waals surface area contributed by atoms with Gasteiger partial charge in [-0.3, -0.25) is 9.59 Å². The number of benzene rings is 1. The van der Waals surface area contributed by atoms with Crippen molar-refractivity contribution in [2.75, 3.05) is 26.7 Å². The normalized spacial score (nSPS) is 16.3. The second kappa shape index (κ2) is 8.46. The zero-order valence-corrected chi connectivity index (χ0v) is 16.4. The van der Waals surface area contributed by atoms with Gasteiger partial charge in [0.15, 0.2) is 0 Å². The standard InChI is InChI=1S/C21H29N3O3/c1-4-9-22-20(25)14(2)15-7-10-24(11-8-15)21(26)19-12-16-5-6-17(27-3)13-18(16)23-19/h5-6,12-15,23H,4,7-11H2,1-3H3,(H,22,25). The summed E-state index contributed by atoms with van der Waals surface area (Å²) in [4.78, 5) is 30.1. The lowest BCUT2D eigenvalue weighted by atomic mass is 9.84. The van der Waals surface area contributed by atoms with Gasteiger partial charge in [-0.05, 0) is 43.4 Å². The highest BCUT2D eigenvalue weighted by atomic mass is 16.5. The van der Waals surface area contributed by atoms with Gasteiger partial charge in [-0.15, -0.1) is 0 Å². The van der Waals surface area contributed by atoms with E-state index in [-0.39, 0.29) is 17.7 Å². The number of nitrogens with zero attached hydrogens (tertiary/aromatic N) is 1. The molecule has 1 aliphatic heterocycles. The van der Waals surface area contributed by atoms with Crippen molar-refractivity contribution in [1.29, 1.82) is 0 Å². The van der Waals surface area contributed by atoms with Gasteiger partial charge in [-0.25, -0.2) is 0 Å². The quantitative estimate of drug-likeness (QED) is 0.819. The van der Waals surface area contributed by atoms with E-state index in [0.717, 1.165) is 42.5 Å². The zero-order valence-electron chi connectivity index (χ0n) is 16.4. The molecule has 2 aromatic rings. The van der Waals surface area contributed by atoms with Crippen molar-refractivity contribution in [2.24, 2.45) is 11.8 Å². The van der Waals surface area contributed by atoms with E-state index in [2.05, 4.69) is 17.2 Å². The van der Waals surface area contributed by atoms with E-state index in [9.17, 15) is 9.59 Å². The number of H-pyrrole nitrogens is 1. The number of aromatic nitrogens is 1. The number of likely N-dealkylation sites (tertiary alicyclic amines) is 1. The fraction of sp³-hybridized carbons (Fsp3) is 0.524. The highest BCUT2D eigenvalue weighted by Gasteiger charge is 2.30. The first kappa shape index (κ1) is 19.3. The Kier molecular flexibility index (Phi) is 6.04. The van der Waals surface area contributed by atoms with E-state index in [1.54, 1.807) is 7.11 Å². The predicted molar refractivity (Wildman–Crippen MR) is 106 cm³/mol. The Bertz CT molecular complexity index is 806. The summed E-state index contributed by atoms with van der Waals surface area (Å²) in [6.45, 7) is 6.15. The van der Waals surface area contributed by atoms with Crippen LogP contribution in [0.15, 0.2) is 24.3 Å². The third kappa shape index (κ3) is 4.26. The molecule has 0 aliphatic carbocycles. The molecule has 0 bridgehead atoms. The van der Waals surface area contributed by atoms with Crippen molar-refractivity contribution in [3.63, 3.8) is 0 Å². The lowest BCUT2D eigenvalue weighted by Gasteiger charge is -2.34. The van der Waals surface area contributed by atoms with Gasteiger partial charge in [-0.1, -0.05) is 13.8 Å². The van der Waals surface area contributed by atoms with Crippen LogP contribution in [0.4, 0.5) is 0 Å². The van der Waals surface area contributed by atoms with Crippen LogP contribution >= 0.6 is 0 Å². The Morgan fingerprint density at radius 2 is 2.04 bits per heavy atom. The summed E-state index contributed by atoms with van der Waals surface area (Å²) in [7, 11) is 1.63. The molecule has 1 aliphatic rings. The highest BCUT2D eigenvalue weighted by molar-refractivity contribution is 5.98. The van der Waals surface area contributed by atoms with Gasteiger partial charge in [0.2, 0.25) is 5.91 Å². The van der Waals surface area contributed by atoms with Crippen LogP contribution in [0, 0.1) is 11.8 Å². The Morgan fingerprint density at radius 3 is 2.70 bits per heavy atom. The number of nitrogens with one attached hydrogen (secondary N) is 2. The molecule has 3 rings (SSSR count). The first-order valence-electron chi connectivity index (χ1n) is 9.77. The molecule has 1 fully saturated rings. The molecule has 1 unspecified atom stereocenters. The van der Waals surface area contributed by atoms with Crippen molar-refractivity contribution in [1.82, 2.24) is 15.2 Å². The molecule has 2 amide bonds. The molecule has 1 aromatic carbocycles. The summed E-state index contributed by atoms with van der Waals surface area (Å²) in [5.74, 6) is 1.24. The van der Waals surface area contributed by atoms with E-state index < -0.39 is 0 Å². The van der Waals surface area contributed by atoms with E-state index in [0.29, 0.717) is 24.7 Å². The highest BCUT2D eigenvalue weighted by Crippen LogP contribution is 2.27. The van der Waals surface area contributed by atoms with Crippen molar-refractivity contribution in [3.05, 3.63) is 30.0 Å². The summed E-state index contributed by atoms with van der Waals surface area (Å²) in [6.07, 6.45) is 2.67. The molecule has 0 spiro atoms. The predicted octanol–water partition coefficient (Wildman–Crippen LogP) is 3.19. The summed E-state index contributed by atoms with van der Waals surface area (Å²) < 4.78 is 5.24. The van der Waals surface area contributed by atoms with Gasteiger partial charge in [0.1, 0.15) is 11.4 Å². The number of aromatic amines is 1. The van der Waals surface area contributed by atoms with Crippen molar-refractivity contribution in [3.8, 4) is 5.75 Å². The van der Waals surface area contributed by atoms with Crippen molar-refractivity contribution >= 4 is 22.7 Å². The van der Waals surface area contributed by atoms with Gasteiger partial charge in [0.05, 0.1) is 7.11 Å². The summed E-state index contributed by atoms with van der Waals surface area (Å²) in [5, 5.41) is 3.97. The summed E-state index contributed by atoms with van der Waals surface area (Å²) >= 11 is 0. The van der Waals surface area contributed by atoms with E-state index in [1.807, 2.05) is 36.1 Å². The molecule has 146 valence electrons. The number of methoxy groups -OCH3 is 1. The van der Waals surface area contributed by atoms with Gasteiger partial charge in [0.25, 0.3) is 5.91 Å². The van der Waals surface area contributed by atoms with Crippen LogP contribution in [0.1, 0.15) is 43.6 Å². The van der Waals surface area contributed by atoms with Crippen LogP contribution in [-0.2, 0) is 4.79 Å². The molecular weight excluding hydrogens is 342 g/mol. The van der Waals surface area contributed by atoms with Gasteiger partial charge >= 0.3 is 0 Å². The molecule has 2 heterocycles. The number of rotatable bonds is 6. The minimum Gasteiger partial charge on any atom is -0.497 e. The number of fused-ring (bicyclic) bond motifs is 1. The van der Waals surface area contributed by atoms with Crippen LogP contribution in [-0.4, -0.2) is 48.4 Å². The lowest BCUT2D eigenvalue weighted by molar-refractivity contribution is -0.126. The smallest absolute Gasteiger partial charge is 0.270 e. The summed E-state index contributed by atoms with van der Waals surface area (Å²) in [5.41, 5.74) is 1.50. The molecule has 0 radical (unpaired) electrons. The fourth-order valence-electron chi connectivity index (χ4n) is 3.74. The number of carbonyl (C=O) groups is 2. The van der Waals surface area contributed by atoms with Gasteiger partial charge < -0.3 is 19.9 Å². The first-order valence-corrected chi connectivity index (χ1v) is 9.77. The zero-order chi connectivity index (χ0) is 19.4. The Hall–Kier alpha value is -2.50. The number of carbonyl (C=O) groups excluding carboxylic acids is 2. The fourth-order valence-corrected chi connectivity index (χ4v) is 3.74. The number of hydrogen-bond donors (Lipinski definition) is 2. The molecule has 1 aromatic heterocycles. The maximum absolute atomic E-state index is 12.9. The maximum atomic E-state index is 12.9. The van der Waals surface area contributed by atoms with E-state index in [4.69, 9.17) is 4.74 Å². The third-order valence-electron chi connectivity index (χ3n) is 5.56. The molecule has 6 heteroatoms. The molecule has 1 atom stereocenters. The number of hydrogen-bond acceptors (Lipinski definition) is 3. The second-order valence-corrected chi connectivity index (χ2v) is 7.35. The van der Waals surface area contributed by atoms with Crippen LogP contribution in [0.3, 0.4) is 0 Å². The monoisotopic (exact) mass is 371 g/mol. The molecule has 2 N–H and O–H groups in total. The first-order chi connectivity index (χ1) is 13.0. The number of amides is 2. The largest absolute Gasteiger partial charge is 0.497 e. The number of piperidine rings is 1. The van der Waals surface area contributed by atoms with E-state index in [1.165, 1.54) is 0 Å². The van der Waals surface area contributed by atoms with Crippen LogP contribution in [0.5, 0.6) is 5.75 Å². The lowest BCUT2D eigenvalue weighted by Crippen LogP contribution is -2.42. The molecule has 27 heavy (non-hydrogen) atoms. The van der Waals surface area contributed by atoms with Gasteiger partial charge in [0, 0.05) is 42.5 Å². The average molecular weight is 371 g/mol. The van der Waals surface area contributed by atoms with Gasteiger partial charge in [-0.2, -0.15) is 0 Å². The Morgan fingerprint density at radius 1 is 1.30 bits per heavy atom. The minimum absolute atomic E-state index is 0.00524. The Balaban J connectivity index is 1.60. The Labute approximate surface area is 160 Å². The minimum atomic E-state index is -0.00524. The second-order valence-electron chi connectivity index (χ2n) is 7.35. The average Bonchev–Trinajstić information content (AvgIpc) is 3.14. The molecule has 1 saturated heterocycles.